The summed E-state index contributed by atoms with van der Waals surface area (Å²) in [5.41, 5.74) is -0.0139. The Hall–Kier alpha value is -2.65. The van der Waals surface area contributed by atoms with E-state index < -0.39 is 32.2 Å². The Bertz CT molecular complexity index is 1250. The Balaban J connectivity index is 2.22. The average molecular weight is 521 g/mol. The summed E-state index contributed by atoms with van der Waals surface area (Å²) in [4.78, 5) is 16.9. The maximum absolute atomic E-state index is 13.5. The predicted octanol–water partition coefficient (Wildman–Crippen LogP) is 4.50. The van der Waals surface area contributed by atoms with Gasteiger partial charge in [-0.15, -0.1) is 0 Å². The van der Waals surface area contributed by atoms with E-state index in [1.807, 2.05) is 19.1 Å². The first-order valence-electron chi connectivity index (χ1n) is 10.2. The fourth-order valence-electron chi connectivity index (χ4n) is 3.46. The van der Waals surface area contributed by atoms with Crippen molar-refractivity contribution in [1.82, 2.24) is 9.55 Å². The van der Waals surface area contributed by atoms with Gasteiger partial charge in [0, 0.05) is 10.9 Å². The highest BCUT2D eigenvalue weighted by atomic mass is 79.9. The molecule has 9 heteroatoms. The number of halogens is 1. The number of aromatic nitrogens is 2. The molecule has 0 unspecified atom stereocenters. The van der Waals surface area contributed by atoms with Crippen molar-refractivity contribution in [3.05, 3.63) is 74.7 Å². The van der Waals surface area contributed by atoms with Crippen LogP contribution in [0.1, 0.15) is 44.1 Å². The molecule has 0 aliphatic rings. The summed E-state index contributed by atoms with van der Waals surface area (Å²) in [6.45, 7) is 3.80. The van der Waals surface area contributed by atoms with Crippen LogP contribution < -0.4 is 10.3 Å². The summed E-state index contributed by atoms with van der Waals surface area (Å²) in [6.07, 6.45) is 2.02. The molecule has 0 radical (unpaired) electrons. The molecule has 1 N–H and O–H groups in total. The number of aryl methyl sites for hydroxylation is 1. The summed E-state index contributed by atoms with van der Waals surface area (Å²) in [6, 6.07) is 12.5. The van der Waals surface area contributed by atoms with Gasteiger partial charge in [0.15, 0.2) is 4.90 Å². The quantitative estimate of drug-likeness (QED) is 0.469. The number of aromatic hydroxyl groups is 1. The topological polar surface area (TPSA) is 98.5 Å². The third-order valence-electron chi connectivity index (χ3n) is 5.26. The maximum Gasteiger partial charge on any atom is 0.277 e. The number of hydrogen-bond donors (Lipinski definition) is 1. The molecule has 32 heavy (non-hydrogen) atoms. The van der Waals surface area contributed by atoms with Gasteiger partial charge in [-0.2, -0.15) is 4.98 Å². The standard InChI is InChI=1S/C23H25BrN2O5S/c1-4-5-6-20-25-22(27)21(32(29,30)19-13-9-17(24)10-14-19)23(28)26(20)15(2)16-7-11-18(31-3)12-8-16/h7-15,27H,4-6H2,1-3H3/t15-/m1/s1. The minimum absolute atomic E-state index is 0.0974. The average Bonchev–Trinajstić information content (AvgIpc) is 2.77. The summed E-state index contributed by atoms with van der Waals surface area (Å²) < 4.78 is 33.8. The van der Waals surface area contributed by atoms with Gasteiger partial charge in [-0.25, -0.2) is 8.42 Å². The molecule has 3 aromatic rings. The van der Waals surface area contributed by atoms with Gasteiger partial charge < -0.3 is 9.84 Å². The van der Waals surface area contributed by atoms with Crippen molar-refractivity contribution >= 4 is 25.8 Å². The van der Waals surface area contributed by atoms with E-state index in [0.29, 0.717) is 22.5 Å². The van der Waals surface area contributed by atoms with Crippen molar-refractivity contribution in [2.45, 2.75) is 48.9 Å². The van der Waals surface area contributed by atoms with E-state index in [1.54, 1.807) is 38.3 Å². The minimum atomic E-state index is -4.29. The molecule has 0 fully saturated rings. The smallest absolute Gasteiger partial charge is 0.277 e. The Morgan fingerprint density at radius 2 is 1.75 bits per heavy atom. The van der Waals surface area contributed by atoms with Gasteiger partial charge in [0.1, 0.15) is 11.6 Å². The van der Waals surface area contributed by atoms with Crippen molar-refractivity contribution in [1.29, 1.82) is 0 Å². The van der Waals surface area contributed by atoms with E-state index in [0.717, 1.165) is 18.4 Å². The molecule has 0 amide bonds. The van der Waals surface area contributed by atoms with Gasteiger partial charge in [-0.3, -0.25) is 9.36 Å². The second-order valence-corrected chi connectivity index (χ2v) is 10.2. The van der Waals surface area contributed by atoms with E-state index in [2.05, 4.69) is 20.9 Å². The van der Waals surface area contributed by atoms with Gasteiger partial charge in [0.05, 0.1) is 18.0 Å². The molecule has 0 saturated heterocycles. The van der Waals surface area contributed by atoms with Crippen LogP contribution in [0.5, 0.6) is 11.6 Å². The molecule has 2 aromatic carbocycles. The fourth-order valence-corrected chi connectivity index (χ4v) is 5.07. The molecular formula is C23H25BrN2O5S. The Kier molecular flexibility index (Phi) is 7.40. The highest BCUT2D eigenvalue weighted by Gasteiger charge is 2.30. The number of nitrogens with zero attached hydrogens (tertiary/aromatic N) is 2. The summed E-state index contributed by atoms with van der Waals surface area (Å²) in [5.74, 6) is 0.233. The van der Waals surface area contributed by atoms with Crippen molar-refractivity contribution in [3.8, 4) is 11.6 Å². The third kappa shape index (κ3) is 4.73. The lowest BCUT2D eigenvalue weighted by molar-refractivity contribution is 0.411. The van der Waals surface area contributed by atoms with E-state index in [-0.39, 0.29) is 4.90 Å². The third-order valence-corrected chi connectivity index (χ3v) is 7.58. The lowest BCUT2D eigenvalue weighted by Crippen LogP contribution is -2.32. The van der Waals surface area contributed by atoms with Crippen molar-refractivity contribution in [2.75, 3.05) is 7.11 Å². The highest BCUT2D eigenvalue weighted by molar-refractivity contribution is 9.10. The summed E-state index contributed by atoms with van der Waals surface area (Å²) in [5, 5.41) is 10.5. The number of unbranched alkanes of at least 4 members (excludes halogenated alkanes) is 1. The second kappa shape index (κ2) is 9.87. The second-order valence-electron chi connectivity index (χ2n) is 7.37. The molecule has 1 aromatic heterocycles. The van der Waals surface area contributed by atoms with E-state index in [1.165, 1.54) is 16.7 Å². The Morgan fingerprint density at radius 1 is 1.12 bits per heavy atom. The number of ether oxygens (including phenoxy) is 1. The van der Waals surface area contributed by atoms with Crippen molar-refractivity contribution in [2.24, 2.45) is 0 Å². The Morgan fingerprint density at radius 3 is 2.31 bits per heavy atom. The summed E-state index contributed by atoms with van der Waals surface area (Å²) in [7, 11) is -2.73. The SMILES string of the molecule is CCCCc1nc(O)c(S(=O)(=O)c2ccc(Br)cc2)c(=O)n1[C@H](C)c1ccc(OC)cc1. The van der Waals surface area contributed by atoms with Crippen LogP contribution in [0.25, 0.3) is 0 Å². The number of hydrogen-bond acceptors (Lipinski definition) is 6. The number of sulfone groups is 1. The van der Waals surface area contributed by atoms with Gasteiger partial charge in [0.25, 0.3) is 5.56 Å². The zero-order valence-electron chi connectivity index (χ0n) is 18.1. The molecule has 170 valence electrons. The molecule has 0 spiro atoms. The van der Waals surface area contributed by atoms with Crippen molar-refractivity contribution in [3.63, 3.8) is 0 Å². The molecule has 3 rings (SSSR count). The molecule has 1 atom stereocenters. The molecule has 0 bridgehead atoms. The van der Waals surface area contributed by atoms with Crippen LogP contribution in [0.3, 0.4) is 0 Å². The predicted molar refractivity (Wildman–Crippen MR) is 125 cm³/mol. The summed E-state index contributed by atoms with van der Waals surface area (Å²) >= 11 is 3.27. The molecule has 7 nitrogen and oxygen atoms in total. The fraction of sp³-hybridized carbons (Fsp3) is 0.304. The zero-order chi connectivity index (χ0) is 23.5. The van der Waals surface area contributed by atoms with Crippen LogP contribution in [-0.4, -0.2) is 30.2 Å². The minimum Gasteiger partial charge on any atom is -0.497 e. The van der Waals surface area contributed by atoms with E-state index >= 15 is 0 Å². The monoisotopic (exact) mass is 520 g/mol. The van der Waals surface area contributed by atoms with Crippen LogP contribution in [-0.2, 0) is 16.3 Å². The van der Waals surface area contributed by atoms with Crippen LogP contribution in [0, 0.1) is 0 Å². The maximum atomic E-state index is 13.5. The van der Waals surface area contributed by atoms with E-state index in [9.17, 15) is 18.3 Å². The lowest BCUT2D eigenvalue weighted by Gasteiger charge is -2.21. The molecule has 0 aliphatic carbocycles. The number of benzene rings is 2. The van der Waals surface area contributed by atoms with E-state index in [4.69, 9.17) is 4.74 Å². The zero-order valence-corrected chi connectivity index (χ0v) is 20.5. The van der Waals surface area contributed by atoms with Crippen LogP contribution in [0.15, 0.2) is 67.6 Å². The van der Waals surface area contributed by atoms with Gasteiger partial charge in [0.2, 0.25) is 15.7 Å². The first-order chi connectivity index (χ1) is 15.2. The highest BCUT2D eigenvalue weighted by Crippen LogP contribution is 2.28. The molecule has 0 saturated carbocycles. The molecule has 1 heterocycles. The van der Waals surface area contributed by atoms with Gasteiger partial charge >= 0.3 is 0 Å². The van der Waals surface area contributed by atoms with Crippen LogP contribution >= 0.6 is 15.9 Å². The largest absolute Gasteiger partial charge is 0.497 e. The first kappa shape index (κ1) is 24.0. The lowest BCUT2D eigenvalue weighted by atomic mass is 10.1. The normalized spacial score (nSPS) is 12.5. The molecule has 0 aliphatic heterocycles. The van der Waals surface area contributed by atoms with Gasteiger partial charge in [-0.1, -0.05) is 41.4 Å². The van der Waals surface area contributed by atoms with Crippen LogP contribution in [0.4, 0.5) is 0 Å². The molecular weight excluding hydrogens is 496 g/mol. The first-order valence-corrected chi connectivity index (χ1v) is 12.5. The van der Waals surface area contributed by atoms with Crippen LogP contribution in [0.2, 0.25) is 0 Å². The number of methoxy groups -OCH3 is 1. The number of rotatable bonds is 8. The van der Waals surface area contributed by atoms with Gasteiger partial charge in [-0.05, 0) is 55.3 Å². The Labute approximate surface area is 195 Å². The van der Waals surface area contributed by atoms with Crippen molar-refractivity contribution < 1.29 is 18.3 Å².